The monoisotopic (exact) mass is 622 g/mol. The Morgan fingerprint density at radius 2 is 1.95 bits per heavy atom. The Labute approximate surface area is 256 Å². The van der Waals surface area contributed by atoms with E-state index in [0.29, 0.717) is 24.3 Å². The summed E-state index contributed by atoms with van der Waals surface area (Å²) in [5.74, 6) is -0.552. The van der Waals surface area contributed by atoms with Gasteiger partial charge < -0.3 is 20.1 Å². The number of nitriles is 1. The second kappa shape index (κ2) is 11.1. The van der Waals surface area contributed by atoms with Crippen molar-refractivity contribution in [2.75, 3.05) is 43.9 Å². The van der Waals surface area contributed by atoms with Gasteiger partial charge in [-0.3, -0.25) is 4.90 Å². The van der Waals surface area contributed by atoms with E-state index in [1.165, 1.54) is 12.1 Å². The van der Waals surface area contributed by atoms with Crippen LogP contribution in [0.3, 0.4) is 0 Å². The van der Waals surface area contributed by atoms with E-state index in [1.54, 1.807) is 0 Å². The number of likely N-dealkylation sites (tertiary alicyclic amines) is 1. The third-order valence-corrected chi connectivity index (χ3v) is 10.0. The molecule has 5 heterocycles. The number of nitrogen functional groups attached to an aromatic ring is 1. The standard InChI is InChI=1S/C31H29ClF2N6O2S/c1-39-11-6-7-19(39)20-8-4-2-3-5-12-40-13-14-41-27-23-26(37-31(42-20)38-30(23)40)25(34)22(24(27)32)16-9-10-18(33)28-21(16)17(15-35)29(36)43-28/h2-3,9-10,19-20H,4-8,11-14,36H2,1H3/b3-2-/t19-,20?/m0/s1. The minimum atomic E-state index is -0.731. The fraction of sp³-hybridized carbons (Fsp3) is 0.387. The van der Waals surface area contributed by atoms with Crippen LogP contribution in [0.15, 0.2) is 24.3 Å². The molecule has 12 heteroatoms. The third-order valence-electron chi connectivity index (χ3n) is 8.66. The minimum Gasteiger partial charge on any atom is -0.489 e. The Kier molecular flexibility index (Phi) is 7.24. The molecule has 2 aromatic carbocycles. The van der Waals surface area contributed by atoms with Gasteiger partial charge in [0.1, 0.15) is 40.9 Å². The molecule has 2 N–H and O–H groups in total. The van der Waals surface area contributed by atoms with E-state index in [-0.39, 0.29) is 72.8 Å². The summed E-state index contributed by atoms with van der Waals surface area (Å²) in [6.45, 7) is 2.40. The Morgan fingerprint density at radius 3 is 2.74 bits per heavy atom. The summed E-state index contributed by atoms with van der Waals surface area (Å²) in [7, 11) is 2.09. The summed E-state index contributed by atoms with van der Waals surface area (Å²) >= 11 is 7.91. The fourth-order valence-electron chi connectivity index (χ4n) is 6.58. The lowest BCUT2D eigenvalue weighted by molar-refractivity contribution is 0.0915. The molecule has 0 radical (unpaired) electrons. The van der Waals surface area contributed by atoms with Crippen molar-refractivity contribution in [1.82, 2.24) is 14.9 Å². The molecule has 2 atom stereocenters. The first-order valence-electron chi connectivity index (χ1n) is 14.4. The van der Waals surface area contributed by atoms with Crippen LogP contribution in [0.2, 0.25) is 5.02 Å². The van der Waals surface area contributed by atoms with Gasteiger partial charge in [0.15, 0.2) is 11.6 Å². The number of likely N-dealkylation sites (N-methyl/N-ethyl adjacent to an activating group) is 1. The highest BCUT2D eigenvalue weighted by Crippen LogP contribution is 2.50. The maximum atomic E-state index is 17.0. The third kappa shape index (κ3) is 4.63. The topological polar surface area (TPSA) is 101 Å². The molecule has 3 aliphatic rings. The first-order chi connectivity index (χ1) is 20.9. The number of rotatable bonds is 2. The second-order valence-corrected chi connectivity index (χ2v) is 12.6. The molecule has 43 heavy (non-hydrogen) atoms. The van der Waals surface area contributed by atoms with Crippen LogP contribution in [-0.4, -0.2) is 60.3 Å². The quantitative estimate of drug-likeness (QED) is 0.247. The molecule has 2 bridgehead atoms. The largest absolute Gasteiger partial charge is 0.489 e. The van der Waals surface area contributed by atoms with Crippen LogP contribution < -0.4 is 20.1 Å². The van der Waals surface area contributed by atoms with E-state index in [2.05, 4.69) is 34.0 Å². The van der Waals surface area contributed by atoms with Gasteiger partial charge in [0.2, 0.25) is 0 Å². The van der Waals surface area contributed by atoms with Gasteiger partial charge >= 0.3 is 6.01 Å². The molecular weight excluding hydrogens is 594 g/mol. The summed E-state index contributed by atoms with van der Waals surface area (Å²) in [6.07, 6.45) is 8.65. The highest BCUT2D eigenvalue weighted by molar-refractivity contribution is 7.23. The van der Waals surface area contributed by atoms with Gasteiger partial charge in [0.25, 0.3) is 0 Å². The highest BCUT2D eigenvalue weighted by Gasteiger charge is 2.34. The molecule has 4 aromatic rings. The summed E-state index contributed by atoms with van der Waals surface area (Å²) < 4.78 is 44.7. The van der Waals surface area contributed by atoms with Gasteiger partial charge in [-0.1, -0.05) is 29.8 Å². The summed E-state index contributed by atoms with van der Waals surface area (Å²) in [5.41, 5.74) is 6.34. The molecule has 1 unspecified atom stereocenters. The van der Waals surface area contributed by atoms with Gasteiger partial charge in [-0.2, -0.15) is 15.2 Å². The van der Waals surface area contributed by atoms with Crippen LogP contribution in [0.1, 0.15) is 37.7 Å². The zero-order chi connectivity index (χ0) is 29.8. The molecule has 7 rings (SSSR count). The molecule has 1 fully saturated rings. The van der Waals surface area contributed by atoms with Gasteiger partial charge in [-0.15, -0.1) is 11.3 Å². The van der Waals surface area contributed by atoms with E-state index in [9.17, 15) is 9.65 Å². The zero-order valence-electron chi connectivity index (χ0n) is 23.5. The Morgan fingerprint density at radius 1 is 1.12 bits per heavy atom. The van der Waals surface area contributed by atoms with Crippen molar-refractivity contribution in [3.05, 3.63) is 46.5 Å². The number of hydrogen-bond acceptors (Lipinski definition) is 9. The van der Waals surface area contributed by atoms with Gasteiger partial charge in [-0.25, -0.2) is 8.78 Å². The molecule has 3 aliphatic heterocycles. The number of ether oxygens (including phenoxy) is 2. The van der Waals surface area contributed by atoms with Crippen molar-refractivity contribution in [3.8, 4) is 29.0 Å². The van der Waals surface area contributed by atoms with E-state index < -0.39 is 11.6 Å². The van der Waals surface area contributed by atoms with Gasteiger partial charge in [0, 0.05) is 23.5 Å². The molecular formula is C31H29ClF2N6O2S. The summed E-state index contributed by atoms with van der Waals surface area (Å²) in [5, 5.41) is 10.6. The number of nitrogens with two attached hydrogens (primary N) is 1. The van der Waals surface area contributed by atoms with E-state index >= 15 is 4.39 Å². The Bertz CT molecular complexity index is 1840. The number of anilines is 2. The second-order valence-electron chi connectivity index (χ2n) is 11.2. The minimum absolute atomic E-state index is 0.00148. The Hall–Kier alpha value is -3.72. The predicted molar refractivity (Wildman–Crippen MR) is 165 cm³/mol. The average Bonchev–Trinajstić information content (AvgIpc) is 3.51. The van der Waals surface area contributed by atoms with Crippen LogP contribution >= 0.6 is 22.9 Å². The molecule has 1 saturated heterocycles. The molecule has 0 amide bonds. The van der Waals surface area contributed by atoms with Gasteiger partial charge in [0.05, 0.1) is 27.2 Å². The van der Waals surface area contributed by atoms with Crippen molar-refractivity contribution in [3.63, 3.8) is 0 Å². The van der Waals surface area contributed by atoms with Crippen LogP contribution in [0.5, 0.6) is 11.8 Å². The number of benzene rings is 2. The van der Waals surface area contributed by atoms with Crippen molar-refractivity contribution in [2.24, 2.45) is 0 Å². The number of allylic oxidation sites excluding steroid dienone is 1. The van der Waals surface area contributed by atoms with Crippen molar-refractivity contribution < 1.29 is 18.3 Å². The lowest BCUT2D eigenvalue weighted by atomic mass is 9.96. The predicted octanol–water partition coefficient (Wildman–Crippen LogP) is 6.68. The van der Waals surface area contributed by atoms with E-state index in [0.717, 1.165) is 50.0 Å². The summed E-state index contributed by atoms with van der Waals surface area (Å²) in [4.78, 5) is 13.8. The lowest BCUT2D eigenvalue weighted by Gasteiger charge is -2.30. The molecule has 8 nitrogen and oxygen atoms in total. The smallest absolute Gasteiger partial charge is 0.319 e. The van der Waals surface area contributed by atoms with Gasteiger partial charge in [-0.05, 0) is 57.3 Å². The van der Waals surface area contributed by atoms with E-state index in [1.807, 2.05) is 6.07 Å². The average molecular weight is 623 g/mol. The molecule has 2 aromatic heterocycles. The number of thiophene rings is 1. The molecule has 222 valence electrons. The highest BCUT2D eigenvalue weighted by atomic mass is 35.5. The SMILES string of the molecule is CN1CCC[C@H]1C1CC/C=C\CCN2CCOc3c(Cl)c(-c4ccc(F)c5sc(N)c(C#N)c45)c(F)c4nc(nc2c34)O1. The van der Waals surface area contributed by atoms with Crippen LogP contribution in [-0.2, 0) is 0 Å². The summed E-state index contributed by atoms with van der Waals surface area (Å²) in [6, 6.07) is 4.97. The molecule has 0 spiro atoms. The number of fused-ring (bicyclic) bond motifs is 2. The maximum Gasteiger partial charge on any atom is 0.319 e. The zero-order valence-corrected chi connectivity index (χ0v) is 25.1. The Balaban J connectivity index is 1.49. The fourth-order valence-corrected chi connectivity index (χ4v) is 7.86. The van der Waals surface area contributed by atoms with Crippen molar-refractivity contribution >= 4 is 54.7 Å². The van der Waals surface area contributed by atoms with Crippen LogP contribution in [0.25, 0.3) is 32.1 Å². The number of hydrogen-bond donors (Lipinski definition) is 1. The van der Waals surface area contributed by atoms with Crippen LogP contribution in [0.4, 0.5) is 19.6 Å². The number of nitrogens with zero attached hydrogens (tertiary/aromatic N) is 5. The number of halogens is 3. The lowest BCUT2D eigenvalue weighted by Crippen LogP contribution is -2.40. The first kappa shape index (κ1) is 28.1. The van der Waals surface area contributed by atoms with Crippen molar-refractivity contribution in [2.45, 2.75) is 44.2 Å². The maximum absolute atomic E-state index is 17.0. The first-order valence-corrected chi connectivity index (χ1v) is 15.6. The van der Waals surface area contributed by atoms with Crippen molar-refractivity contribution in [1.29, 1.82) is 5.26 Å². The molecule has 0 saturated carbocycles. The van der Waals surface area contributed by atoms with E-state index in [4.69, 9.17) is 31.8 Å². The number of aromatic nitrogens is 2. The van der Waals surface area contributed by atoms with Crippen LogP contribution in [0, 0.1) is 23.0 Å². The normalized spacial score (nSPS) is 21.6. The molecule has 0 aliphatic carbocycles.